The predicted molar refractivity (Wildman–Crippen MR) is 178 cm³/mol. The first kappa shape index (κ1) is 31.8. The average Bonchev–Trinajstić information content (AvgIpc) is 3.21. The smallest absolute Gasteiger partial charge is 0.331 e. The van der Waals surface area contributed by atoms with Crippen LogP contribution in [0, 0.1) is 56.7 Å². The number of aromatic hydroxyl groups is 1. The standard InChI is InChI=1S/C40H54O6/c1-24-13-19-39-22-21-38(7)37(6)18-14-29-35(3,4)31(45-32(42)12-10-26-9-11-27(41)28(23-26)44-8)16-17-36(29,5)30(37)15-20-40(38,46-34(39)43)33(39)25(24)2/h9-12,15,20,23-25,29-31,33,41H,13-14,16-19,21-22H2,1-8H3/b12-10+/t24?,25-,29?,30?,31-,33?,36-,37+,38-,39-,40-/m0/s1. The highest BCUT2D eigenvalue weighted by molar-refractivity contribution is 5.87. The molecule has 1 aromatic carbocycles. The van der Waals surface area contributed by atoms with Gasteiger partial charge < -0.3 is 19.3 Å². The van der Waals surface area contributed by atoms with Gasteiger partial charge in [0.25, 0.3) is 0 Å². The Kier molecular flexibility index (Phi) is 7.00. The van der Waals surface area contributed by atoms with Crippen LogP contribution in [0.25, 0.3) is 6.08 Å². The Labute approximate surface area is 275 Å². The third kappa shape index (κ3) is 3.88. The first-order valence-electron chi connectivity index (χ1n) is 17.8. The molecular formula is C40H54O6. The van der Waals surface area contributed by atoms with Crippen LogP contribution in [0.4, 0.5) is 0 Å². The Balaban J connectivity index is 1.16. The molecule has 46 heavy (non-hydrogen) atoms. The van der Waals surface area contributed by atoms with Crippen LogP contribution in [0.1, 0.15) is 105 Å². The molecule has 6 aliphatic rings. The molecule has 4 unspecified atom stereocenters. The van der Waals surface area contributed by atoms with Crippen molar-refractivity contribution < 1.29 is 28.9 Å². The molecule has 0 amide bonds. The van der Waals surface area contributed by atoms with Gasteiger partial charge in [-0.3, -0.25) is 4.79 Å². The van der Waals surface area contributed by atoms with E-state index in [1.807, 2.05) is 0 Å². The summed E-state index contributed by atoms with van der Waals surface area (Å²) in [6, 6.07) is 5.00. The number of rotatable bonds is 4. The van der Waals surface area contributed by atoms with E-state index in [0.717, 1.165) is 56.9 Å². The van der Waals surface area contributed by atoms with Gasteiger partial charge in [-0.05, 0) is 116 Å². The first-order chi connectivity index (χ1) is 21.6. The molecule has 4 saturated carbocycles. The highest BCUT2D eigenvalue weighted by atomic mass is 16.6. The van der Waals surface area contributed by atoms with Crippen LogP contribution in [0.5, 0.6) is 11.5 Å². The van der Waals surface area contributed by atoms with Gasteiger partial charge in [0.05, 0.1) is 12.5 Å². The van der Waals surface area contributed by atoms with Gasteiger partial charge in [-0.1, -0.05) is 60.6 Å². The molecule has 1 spiro atoms. The van der Waals surface area contributed by atoms with Gasteiger partial charge in [0, 0.05) is 22.8 Å². The minimum atomic E-state index is -0.527. The van der Waals surface area contributed by atoms with Gasteiger partial charge >= 0.3 is 11.9 Å². The van der Waals surface area contributed by atoms with Crippen molar-refractivity contribution in [3.63, 3.8) is 0 Å². The number of hydrogen-bond acceptors (Lipinski definition) is 6. The highest BCUT2D eigenvalue weighted by Crippen LogP contribution is 2.79. The summed E-state index contributed by atoms with van der Waals surface area (Å²) in [5.41, 5.74) is -0.367. The zero-order valence-corrected chi connectivity index (χ0v) is 29.2. The number of carbonyl (C=O) groups excluding carboxylic acids is 2. The van der Waals surface area contributed by atoms with Crippen molar-refractivity contribution in [3.8, 4) is 11.5 Å². The summed E-state index contributed by atoms with van der Waals surface area (Å²) >= 11 is 0. The zero-order valence-electron chi connectivity index (χ0n) is 29.2. The second-order valence-electron chi connectivity index (χ2n) is 17.4. The molecule has 11 atom stereocenters. The van der Waals surface area contributed by atoms with Crippen molar-refractivity contribution in [2.24, 2.45) is 56.7 Å². The topological polar surface area (TPSA) is 82.1 Å². The molecule has 2 bridgehead atoms. The lowest BCUT2D eigenvalue weighted by atomic mass is 9.32. The summed E-state index contributed by atoms with van der Waals surface area (Å²) in [7, 11) is 1.51. The van der Waals surface area contributed by atoms with Crippen LogP contribution in [0.3, 0.4) is 0 Å². The van der Waals surface area contributed by atoms with E-state index in [2.05, 4.69) is 60.6 Å². The molecule has 1 aromatic rings. The Morgan fingerprint density at radius 3 is 2.50 bits per heavy atom. The molecule has 7 rings (SSSR count). The minimum Gasteiger partial charge on any atom is -0.504 e. The summed E-state index contributed by atoms with van der Waals surface area (Å²) in [5, 5.41) is 9.90. The number of hydrogen-bond donors (Lipinski definition) is 1. The number of fused-ring (bicyclic) bond motifs is 4. The fourth-order valence-electron chi connectivity index (χ4n) is 12.8. The van der Waals surface area contributed by atoms with Gasteiger partial charge in [-0.2, -0.15) is 0 Å². The maximum Gasteiger partial charge on any atom is 0.331 e. The third-order valence-electron chi connectivity index (χ3n) is 15.6. The third-order valence-corrected chi connectivity index (χ3v) is 15.6. The van der Waals surface area contributed by atoms with E-state index >= 15 is 0 Å². The quantitative estimate of drug-likeness (QED) is 0.204. The summed E-state index contributed by atoms with van der Waals surface area (Å²) in [6.07, 6.45) is 16.0. The molecule has 0 radical (unpaired) electrons. The van der Waals surface area contributed by atoms with Crippen LogP contribution in [-0.4, -0.2) is 35.9 Å². The van der Waals surface area contributed by atoms with Crippen molar-refractivity contribution in [2.75, 3.05) is 7.11 Å². The molecule has 1 saturated heterocycles. The lowest BCUT2D eigenvalue weighted by Crippen LogP contribution is -2.71. The molecule has 6 nitrogen and oxygen atoms in total. The molecule has 5 aliphatic carbocycles. The second-order valence-corrected chi connectivity index (χ2v) is 17.4. The van der Waals surface area contributed by atoms with E-state index in [0.29, 0.717) is 29.4 Å². The molecular weight excluding hydrogens is 576 g/mol. The predicted octanol–water partition coefficient (Wildman–Crippen LogP) is 8.52. The van der Waals surface area contributed by atoms with Crippen LogP contribution >= 0.6 is 0 Å². The van der Waals surface area contributed by atoms with Gasteiger partial charge in [0.1, 0.15) is 11.7 Å². The zero-order chi connectivity index (χ0) is 33.1. The number of phenols is 1. The lowest BCUT2D eigenvalue weighted by Gasteiger charge is -2.72. The Bertz CT molecular complexity index is 1510. The normalized spacial score (nSPS) is 46.8. The lowest BCUT2D eigenvalue weighted by molar-refractivity contribution is -0.247. The fraction of sp³-hybridized carbons (Fsp3) is 0.700. The number of methoxy groups -OCH3 is 1. The monoisotopic (exact) mass is 630 g/mol. The number of benzene rings is 1. The highest BCUT2D eigenvalue weighted by Gasteiger charge is 2.80. The van der Waals surface area contributed by atoms with Crippen LogP contribution in [-0.2, 0) is 19.1 Å². The number of carbonyl (C=O) groups is 2. The van der Waals surface area contributed by atoms with Crippen molar-refractivity contribution in [2.45, 2.75) is 112 Å². The van der Waals surface area contributed by atoms with E-state index in [1.54, 1.807) is 24.3 Å². The molecule has 1 aliphatic heterocycles. The number of esters is 2. The molecule has 250 valence electrons. The summed E-state index contributed by atoms with van der Waals surface area (Å²) in [5.74, 6) is 2.20. The largest absolute Gasteiger partial charge is 0.504 e. The van der Waals surface area contributed by atoms with Gasteiger partial charge in [0.2, 0.25) is 0 Å². The van der Waals surface area contributed by atoms with E-state index in [9.17, 15) is 14.7 Å². The van der Waals surface area contributed by atoms with Crippen molar-refractivity contribution in [1.82, 2.24) is 0 Å². The van der Waals surface area contributed by atoms with E-state index in [1.165, 1.54) is 13.2 Å². The van der Waals surface area contributed by atoms with Crippen molar-refractivity contribution in [1.29, 1.82) is 0 Å². The minimum absolute atomic E-state index is 0.00229. The Morgan fingerprint density at radius 2 is 1.76 bits per heavy atom. The van der Waals surface area contributed by atoms with E-state index in [-0.39, 0.29) is 56.8 Å². The number of allylic oxidation sites excluding steroid dienone is 1. The van der Waals surface area contributed by atoms with Crippen LogP contribution in [0.15, 0.2) is 36.4 Å². The van der Waals surface area contributed by atoms with Crippen molar-refractivity contribution >= 4 is 18.0 Å². The maximum atomic E-state index is 13.9. The summed E-state index contributed by atoms with van der Waals surface area (Å²) in [6.45, 7) is 16.9. The first-order valence-corrected chi connectivity index (χ1v) is 17.8. The second kappa shape index (κ2) is 10.1. The molecule has 1 N–H and O–H groups in total. The van der Waals surface area contributed by atoms with E-state index < -0.39 is 5.60 Å². The van der Waals surface area contributed by atoms with Gasteiger partial charge in [0.15, 0.2) is 11.5 Å². The number of phenolic OH excluding ortho intramolecular Hbond substituents is 1. The Hall–Kier alpha value is -2.76. The SMILES string of the molecule is COc1cc(/C=C/C(=O)O[C@H]2CC[C@@]3(C)C(CC[C@]4(C)C3C=C[C@]35OC(=O)[C@@]6(CCC(C)[C@H](C)C63)CC[C@]54C)C2(C)C)ccc1O. The summed E-state index contributed by atoms with van der Waals surface area (Å²) in [4.78, 5) is 27.0. The molecule has 5 fully saturated rings. The van der Waals surface area contributed by atoms with E-state index in [4.69, 9.17) is 14.2 Å². The van der Waals surface area contributed by atoms with Crippen molar-refractivity contribution in [3.05, 3.63) is 42.0 Å². The molecule has 1 heterocycles. The van der Waals surface area contributed by atoms with Gasteiger partial charge in [-0.15, -0.1) is 0 Å². The summed E-state index contributed by atoms with van der Waals surface area (Å²) < 4.78 is 18.2. The van der Waals surface area contributed by atoms with Gasteiger partial charge in [-0.25, -0.2) is 4.79 Å². The van der Waals surface area contributed by atoms with Crippen LogP contribution < -0.4 is 4.74 Å². The van der Waals surface area contributed by atoms with Crippen LogP contribution in [0.2, 0.25) is 0 Å². The maximum absolute atomic E-state index is 13.9. The Morgan fingerprint density at radius 1 is 1.00 bits per heavy atom. The number of ether oxygens (including phenoxy) is 3. The average molecular weight is 631 g/mol. The molecule has 0 aromatic heterocycles. The molecule has 6 heteroatoms. The fourth-order valence-corrected chi connectivity index (χ4v) is 12.8.